The zero-order chi connectivity index (χ0) is 16.0. The first-order valence-corrected chi connectivity index (χ1v) is 7.12. The van der Waals surface area contributed by atoms with E-state index in [9.17, 15) is 9.59 Å². The molecule has 0 heterocycles. The Kier molecular flexibility index (Phi) is 6.15. The molecule has 21 heavy (non-hydrogen) atoms. The molecule has 0 unspecified atom stereocenters. The molecule has 0 aromatic heterocycles. The Bertz CT molecular complexity index is 515. The van der Waals surface area contributed by atoms with E-state index in [1.54, 1.807) is 19.9 Å². The van der Waals surface area contributed by atoms with Gasteiger partial charge >= 0.3 is 5.97 Å². The van der Waals surface area contributed by atoms with Crippen molar-refractivity contribution >= 4 is 18.0 Å². The molecule has 0 radical (unpaired) electrons. The summed E-state index contributed by atoms with van der Waals surface area (Å²) < 4.78 is 0. The standard InChI is InChI=1S/C17H23NO3/c1-11(2)14-8-5-13(6-9-14)7-10-15(19)18-16(12(3)4)17(20)21/h5-12,16H,1-4H3,(H,18,19)(H,20,21)/b10-7+/t16-/m0/s1. The quantitative estimate of drug-likeness (QED) is 0.791. The minimum absolute atomic E-state index is 0.162. The molecular formula is C17H23NO3. The minimum Gasteiger partial charge on any atom is -0.480 e. The largest absolute Gasteiger partial charge is 0.480 e. The first-order valence-electron chi connectivity index (χ1n) is 7.12. The van der Waals surface area contributed by atoms with E-state index in [2.05, 4.69) is 19.2 Å². The third-order valence-electron chi connectivity index (χ3n) is 3.26. The molecule has 2 N–H and O–H groups in total. The number of rotatable bonds is 6. The zero-order valence-corrected chi connectivity index (χ0v) is 13.0. The van der Waals surface area contributed by atoms with Gasteiger partial charge in [-0.25, -0.2) is 4.79 Å². The van der Waals surface area contributed by atoms with Gasteiger partial charge in [0.1, 0.15) is 6.04 Å². The maximum Gasteiger partial charge on any atom is 0.326 e. The molecule has 1 amide bonds. The molecule has 4 heteroatoms. The van der Waals surface area contributed by atoms with Crippen molar-refractivity contribution in [2.45, 2.75) is 39.7 Å². The summed E-state index contributed by atoms with van der Waals surface area (Å²) in [5.41, 5.74) is 2.15. The number of amides is 1. The predicted molar refractivity (Wildman–Crippen MR) is 84.0 cm³/mol. The second kappa shape index (κ2) is 7.62. The summed E-state index contributed by atoms with van der Waals surface area (Å²) in [6, 6.07) is 7.06. The van der Waals surface area contributed by atoms with E-state index >= 15 is 0 Å². The normalized spacial score (nSPS) is 12.9. The van der Waals surface area contributed by atoms with Crippen LogP contribution < -0.4 is 5.32 Å². The van der Waals surface area contributed by atoms with E-state index in [0.717, 1.165) is 5.56 Å². The van der Waals surface area contributed by atoms with Crippen LogP contribution in [0.1, 0.15) is 44.7 Å². The molecule has 0 aliphatic carbocycles. The lowest BCUT2D eigenvalue weighted by Crippen LogP contribution is -2.43. The number of hydrogen-bond donors (Lipinski definition) is 2. The Balaban J connectivity index is 2.67. The Labute approximate surface area is 125 Å². The van der Waals surface area contributed by atoms with Crippen LogP contribution in [-0.4, -0.2) is 23.0 Å². The maximum atomic E-state index is 11.7. The molecule has 0 saturated heterocycles. The molecule has 1 atom stereocenters. The van der Waals surface area contributed by atoms with Gasteiger partial charge in [0.25, 0.3) is 0 Å². The second-order valence-electron chi connectivity index (χ2n) is 5.72. The summed E-state index contributed by atoms with van der Waals surface area (Å²) in [5.74, 6) is -1.11. The molecule has 0 spiro atoms. The van der Waals surface area contributed by atoms with Crippen LogP contribution in [0.3, 0.4) is 0 Å². The smallest absolute Gasteiger partial charge is 0.326 e. The van der Waals surface area contributed by atoms with Crippen LogP contribution in [-0.2, 0) is 9.59 Å². The highest BCUT2D eigenvalue weighted by Gasteiger charge is 2.22. The SMILES string of the molecule is CC(C)c1ccc(/C=C/C(=O)N[C@H](C(=O)O)C(C)C)cc1. The lowest BCUT2D eigenvalue weighted by atomic mass is 10.0. The number of nitrogens with one attached hydrogen (secondary N) is 1. The van der Waals surface area contributed by atoms with Gasteiger partial charge in [-0.3, -0.25) is 4.79 Å². The van der Waals surface area contributed by atoms with Gasteiger partial charge in [0.05, 0.1) is 0 Å². The van der Waals surface area contributed by atoms with E-state index in [4.69, 9.17) is 5.11 Å². The predicted octanol–water partition coefficient (Wildman–Crippen LogP) is 3.05. The third-order valence-corrected chi connectivity index (χ3v) is 3.26. The van der Waals surface area contributed by atoms with Crippen LogP contribution in [0.4, 0.5) is 0 Å². The van der Waals surface area contributed by atoms with Crippen molar-refractivity contribution in [3.8, 4) is 0 Å². The Morgan fingerprint density at radius 3 is 2.10 bits per heavy atom. The molecule has 0 aliphatic rings. The molecule has 0 bridgehead atoms. The van der Waals surface area contributed by atoms with Crippen LogP contribution in [0, 0.1) is 5.92 Å². The summed E-state index contributed by atoms with van der Waals surface area (Å²) in [5, 5.41) is 11.5. The van der Waals surface area contributed by atoms with Crippen LogP contribution >= 0.6 is 0 Å². The van der Waals surface area contributed by atoms with Crippen molar-refractivity contribution in [1.82, 2.24) is 5.32 Å². The number of carboxylic acid groups (broad SMARTS) is 1. The average Bonchev–Trinajstić information content (AvgIpc) is 2.42. The van der Waals surface area contributed by atoms with Gasteiger partial charge in [-0.05, 0) is 29.0 Å². The van der Waals surface area contributed by atoms with Gasteiger partial charge in [-0.1, -0.05) is 52.0 Å². The molecule has 1 rings (SSSR count). The average molecular weight is 289 g/mol. The third kappa shape index (κ3) is 5.42. The van der Waals surface area contributed by atoms with Crippen molar-refractivity contribution in [3.05, 3.63) is 41.5 Å². The molecule has 4 nitrogen and oxygen atoms in total. The second-order valence-corrected chi connectivity index (χ2v) is 5.72. The first-order chi connectivity index (χ1) is 9.81. The number of carboxylic acids is 1. The number of hydrogen-bond acceptors (Lipinski definition) is 2. The Morgan fingerprint density at radius 2 is 1.67 bits per heavy atom. The fraction of sp³-hybridized carbons (Fsp3) is 0.412. The van der Waals surface area contributed by atoms with Gasteiger partial charge in [0.15, 0.2) is 0 Å². The number of carbonyl (C=O) groups excluding carboxylic acids is 1. The highest BCUT2D eigenvalue weighted by atomic mass is 16.4. The lowest BCUT2D eigenvalue weighted by Gasteiger charge is -2.16. The number of aliphatic carboxylic acids is 1. The van der Waals surface area contributed by atoms with Crippen molar-refractivity contribution < 1.29 is 14.7 Å². The highest BCUT2D eigenvalue weighted by molar-refractivity contribution is 5.94. The molecule has 1 aromatic carbocycles. The van der Waals surface area contributed by atoms with E-state index in [-0.39, 0.29) is 5.92 Å². The summed E-state index contributed by atoms with van der Waals surface area (Å²) in [7, 11) is 0. The number of carbonyl (C=O) groups is 2. The minimum atomic E-state index is -1.02. The van der Waals surface area contributed by atoms with Crippen LogP contribution in [0.2, 0.25) is 0 Å². The summed E-state index contributed by atoms with van der Waals surface area (Å²) in [6.07, 6.45) is 3.04. The highest BCUT2D eigenvalue weighted by Crippen LogP contribution is 2.15. The number of benzene rings is 1. The summed E-state index contributed by atoms with van der Waals surface area (Å²) >= 11 is 0. The van der Waals surface area contributed by atoms with E-state index in [0.29, 0.717) is 5.92 Å². The van der Waals surface area contributed by atoms with Crippen molar-refractivity contribution in [1.29, 1.82) is 0 Å². The lowest BCUT2D eigenvalue weighted by molar-refractivity contribution is -0.142. The van der Waals surface area contributed by atoms with Crippen molar-refractivity contribution in [2.24, 2.45) is 5.92 Å². The first kappa shape index (κ1) is 17.0. The van der Waals surface area contributed by atoms with Gasteiger partial charge < -0.3 is 10.4 Å². The fourth-order valence-electron chi connectivity index (χ4n) is 1.88. The van der Waals surface area contributed by atoms with Crippen LogP contribution in [0.5, 0.6) is 0 Å². The monoisotopic (exact) mass is 289 g/mol. The molecule has 1 aromatic rings. The van der Waals surface area contributed by atoms with Gasteiger partial charge in [0.2, 0.25) is 5.91 Å². The zero-order valence-electron chi connectivity index (χ0n) is 13.0. The summed E-state index contributed by atoms with van der Waals surface area (Å²) in [4.78, 5) is 22.8. The Hall–Kier alpha value is -2.10. The van der Waals surface area contributed by atoms with E-state index < -0.39 is 17.9 Å². The molecular weight excluding hydrogens is 266 g/mol. The summed E-state index contributed by atoms with van der Waals surface area (Å²) in [6.45, 7) is 7.76. The van der Waals surface area contributed by atoms with Crippen molar-refractivity contribution in [2.75, 3.05) is 0 Å². The molecule has 0 fully saturated rings. The molecule has 0 saturated carbocycles. The molecule has 114 valence electrons. The topological polar surface area (TPSA) is 66.4 Å². The van der Waals surface area contributed by atoms with Crippen molar-refractivity contribution in [3.63, 3.8) is 0 Å². The van der Waals surface area contributed by atoms with Crippen LogP contribution in [0.15, 0.2) is 30.3 Å². The van der Waals surface area contributed by atoms with Crippen LogP contribution in [0.25, 0.3) is 6.08 Å². The van der Waals surface area contributed by atoms with E-state index in [1.807, 2.05) is 24.3 Å². The molecule has 0 aliphatic heterocycles. The van der Waals surface area contributed by atoms with Gasteiger partial charge in [-0.15, -0.1) is 0 Å². The Morgan fingerprint density at radius 1 is 1.10 bits per heavy atom. The van der Waals surface area contributed by atoms with Gasteiger partial charge in [-0.2, -0.15) is 0 Å². The fourth-order valence-corrected chi connectivity index (χ4v) is 1.88. The van der Waals surface area contributed by atoms with Gasteiger partial charge in [0, 0.05) is 6.08 Å². The maximum absolute atomic E-state index is 11.7. The van der Waals surface area contributed by atoms with E-state index in [1.165, 1.54) is 11.6 Å².